The second kappa shape index (κ2) is 11.5. The van der Waals surface area contributed by atoms with Gasteiger partial charge in [0.15, 0.2) is 11.8 Å². The summed E-state index contributed by atoms with van der Waals surface area (Å²) in [4.78, 5) is 8.64. The van der Waals surface area contributed by atoms with Gasteiger partial charge in [-0.15, -0.1) is 37.1 Å². The second-order valence-corrected chi connectivity index (χ2v) is 6.24. The van der Waals surface area contributed by atoms with Gasteiger partial charge in [-0.3, -0.25) is 5.10 Å². The first kappa shape index (κ1) is 24.4. The van der Waals surface area contributed by atoms with Crippen molar-refractivity contribution in [3.8, 4) is 17.1 Å². The van der Waals surface area contributed by atoms with Gasteiger partial charge in [-0.05, 0) is 24.6 Å². The molecule has 0 spiro atoms. The molecule has 0 aliphatic carbocycles. The molecular formula is C20H22F3IN6O. The van der Waals surface area contributed by atoms with Crippen LogP contribution in [0.4, 0.5) is 13.2 Å². The zero-order chi connectivity index (χ0) is 21.4. The highest BCUT2D eigenvalue weighted by Gasteiger charge is 2.31. The molecule has 0 amide bonds. The Morgan fingerprint density at radius 1 is 1.13 bits per heavy atom. The Bertz CT molecular complexity index is 979. The van der Waals surface area contributed by atoms with Crippen LogP contribution in [0.2, 0.25) is 0 Å². The number of rotatable bonds is 7. The Hall–Kier alpha value is -2.83. The van der Waals surface area contributed by atoms with Crippen LogP contribution in [0.5, 0.6) is 5.75 Å². The van der Waals surface area contributed by atoms with E-state index in [1.165, 1.54) is 18.5 Å². The molecule has 0 aliphatic rings. The molecule has 7 nitrogen and oxygen atoms in total. The first-order chi connectivity index (χ1) is 14.4. The van der Waals surface area contributed by atoms with Gasteiger partial charge in [-0.2, -0.15) is 5.10 Å². The number of guanidine groups is 1. The van der Waals surface area contributed by atoms with E-state index in [0.29, 0.717) is 30.4 Å². The molecule has 0 radical (unpaired) electrons. The molecule has 11 heteroatoms. The second-order valence-electron chi connectivity index (χ2n) is 6.24. The third kappa shape index (κ3) is 7.74. The maximum Gasteiger partial charge on any atom is 0.573 e. The maximum absolute atomic E-state index is 12.6. The largest absolute Gasteiger partial charge is 0.573 e. The summed E-state index contributed by atoms with van der Waals surface area (Å²) >= 11 is 0. The lowest BCUT2D eigenvalue weighted by Crippen LogP contribution is -2.37. The van der Waals surface area contributed by atoms with Crippen molar-refractivity contribution >= 4 is 29.9 Å². The molecule has 3 rings (SSSR count). The van der Waals surface area contributed by atoms with Crippen molar-refractivity contribution in [1.29, 1.82) is 0 Å². The standard InChI is InChI=1S/C20H21F3N6O.HI/c1-2-24-19(26-12-16-7-3-4-9-17(16)30-20(21,22)23)25-11-14-6-5-8-15(10-14)18-27-13-28-29-18;/h3-10,13H,2,11-12H2,1H3,(H2,24,25,26)(H,27,28,29);1H. The molecule has 166 valence electrons. The molecule has 2 aromatic carbocycles. The molecule has 31 heavy (non-hydrogen) atoms. The minimum atomic E-state index is -4.75. The number of aliphatic imine (C=N–C) groups is 1. The molecule has 0 saturated carbocycles. The van der Waals surface area contributed by atoms with Crippen molar-refractivity contribution in [3.63, 3.8) is 0 Å². The lowest BCUT2D eigenvalue weighted by atomic mass is 10.1. The first-order valence-corrected chi connectivity index (χ1v) is 9.25. The number of aromatic amines is 1. The van der Waals surface area contributed by atoms with Crippen molar-refractivity contribution in [2.75, 3.05) is 6.54 Å². The average Bonchev–Trinajstić information content (AvgIpc) is 3.25. The Morgan fingerprint density at radius 2 is 1.94 bits per heavy atom. The lowest BCUT2D eigenvalue weighted by Gasteiger charge is -2.15. The van der Waals surface area contributed by atoms with Crippen molar-refractivity contribution in [2.45, 2.75) is 26.4 Å². The number of halogens is 4. The minimum absolute atomic E-state index is 0. The Balaban J connectivity index is 0.00000341. The Kier molecular flexibility index (Phi) is 9.09. The molecule has 0 aliphatic heterocycles. The lowest BCUT2D eigenvalue weighted by molar-refractivity contribution is -0.274. The number of benzene rings is 2. The van der Waals surface area contributed by atoms with Gasteiger partial charge in [0.25, 0.3) is 0 Å². The van der Waals surface area contributed by atoms with Crippen molar-refractivity contribution < 1.29 is 17.9 Å². The highest BCUT2D eigenvalue weighted by Crippen LogP contribution is 2.26. The van der Waals surface area contributed by atoms with Crippen molar-refractivity contribution in [2.24, 2.45) is 4.99 Å². The molecule has 1 heterocycles. The van der Waals surface area contributed by atoms with Gasteiger partial charge < -0.3 is 15.4 Å². The molecule has 0 atom stereocenters. The third-order valence-corrected chi connectivity index (χ3v) is 4.02. The van der Waals surface area contributed by atoms with Gasteiger partial charge in [0.05, 0.1) is 6.54 Å². The van der Waals surface area contributed by atoms with E-state index < -0.39 is 6.36 Å². The predicted molar refractivity (Wildman–Crippen MR) is 122 cm³/mol. The fraction of sp³-hybridized carbons (Fsp3) is 0.250. The van der Waals surface area contributed by atoms with Crippen LogP contribution < -0.4 is 15.4 Å². The van der Waals surface area contributed by atoms with Crippen molar-refractivity contribution in [3.05, 3.63) is 66.0 Å². The van der Waals surface area contributed by atoms with E-state index in [1.54, 1.807) is 12.1 Å². The molecular weight excluding hydrogens is 524 g/mol. The molecule has 0 bridgehead atoms. The predicted octanol–water partition coefficient (Wildman–Crippen LogP) is 4.24. The summed E-state index contributed by atoms with van der Waals surface area (Å²) in [5, 5.41) is 12.8. The van der Waals surface area contributed by atoms with E-state index in [4.69, 9.17) is 0 Å². The number of hydrogen-bond acceptors (Lipinski definition) is 4. The highest BCUT2D eigenvalue weighted by atomic mass is 127. The smallest absolute Gasteiger partial charge is 0.405 e. The number of H-pyrrole nitrogens is 1. The van der Waals surface area contributed by atoms with Gasteiger partial charge in [0.1, 0.15) is 12.1 Å². The van der Waals surface area contributed by atoms with E-state index in [-0.39, 0.29) is 36.3 Å². The van der Waals surface area contributed by atoms with Crippen LogP contribution in [-0.2, 0) is 13.1 Å². The van der Waals surface area contributed by atoms with Crippen LogP contribution in [0, 0.1) is 0 Å². The van der Waals surface area contributed by atoms with Crippen LogP contribution in [0.1, 0.15) is 18.1 Å². The van der Waals surface area contributed by atoms with E-state index >= 15 is 0 Å². The van der Waals surface area contributed by atoms with Crippen LogP contribution in [-0.4, -0.2) is 34.0 Å². The molecule has 0 fully saturated rings. The summed E-state index contributed by atoms with van der Waals surface area (Å²) in [5.41, 5.74) is 2.20. The van der Waals surface area contributed by atoms with Gasteiger partial charge in [0, 0.05) is 24.2 Å². The van der Waals surface area contributed by atoms with Crippen LogP contribution in [0.3, 0.4) is 0 Å². The molecule has 3 N–H and O–H groups in total. The first-order valence-electron chi connectivity index (χ1n) is 9.25. The number of alkyl halides is 3. The van der Waals surface area contributed by atoms with Crippen molar-refractivity contribution in [1.82, 2.24) is 25.8 Å². The minimum Gasteiger partial charge on any atom is -0.405 e. The Morgan fingerprint density at radius 3 is 2.65 bits per heavy atom. The topological polar surface area (TPSA) is 87.2 Å². The van der Waals surface area contributed by atoms with E-state index in [2.05, 4.69) is 35.5 Å². The summed E-state index contributed by atoms with van der Waals surface area (Å²) < 4.78 is 41.9. The van der Waals surface area contributed by atoms with Gasteiger partial charge in [-0.1, -0.05) is 36.4 Å². The quantitative estimate of drug-likeness (QED) is 0.235. The van der Waals surface area contributed by atoms with Gasteiger partial charge in [0.2, 0.25) is 0 Å². The number of hydrogen-bond donors (Lipinski definition) is 3. The molecule has 0 unspecified atom stereocenters. The van der Waals surface area contributed by atoms with Gasteiger partial charge in [-0.25, -0.2) is 9.98 Å². The summed E-state index contributed by atoms with van der Waals surface area (Å²) in [5.74, 6) is 0.893. The number of ether oxygens (including phenoxy) is 1. The van der Waals surface area contributed by atoms with E-state index in [1.807, 2.05) is 31.2 Å². The fourth-order valence-corrected chi connectivity index (χ4v) is 2.73. The summed E-state index contributed by atoms with van der Waals surface area (Å²) in [6.45, 7) is 3.00. The summed E-state index contributed by atoms with van der Waals surface area (Å²) in [7, 11) is 0. The van der Waals surface area contributed by atoms with Crippen LogP contribution >= 0.6 is 24.0 Å². The maximum atomic E-state index is 12.6. The van der Waals surface area contributed by atoms with Crippen LogP contribution in [0.15, 0.2) is 59.9 Å². The normalized spacial score (nSPS) is 11.5. The number of para-hydroxylation sites is 1. The fourth-order valence-electron chi connectivity index (χ4n) is 2.73. The third-order valence-electron chi connectivity index (χ3n) is 4.02. The SMILES string of the molecule is CCNC(=NCc1cccc(-c2ncn[nH]2)c1)NCc1ccccc1OC(F)(F)F.I. The summed E-state index contributed by atoms with van der Waals surface area (Å²) in [6.07, 6.45) is -3.31. The van der Waals surface area contributed by atoms with E-state index in [0.717, 1.165) is 11.1 Å². The van der Waals surface area contributed by atoms with E-state index in [9.17, 15) is 13.2 Å². The highest BCUT2D eigenvalue weighted by molar-refractivity contribution is 14.0. The molecule has 3 aromatic rings. The molecule has 1 aromatic heterocycles. The zero-order valence-electron chi connectivity index (χ0n) is 16.6. The summed E-state index contributed by atoms with van der Waals surface area (Å²) in [6, 6.07) is 13.7. The zero-order valence-corrected chi connectivity index (χ0v) is 18.9. The number of nitrogens with zero attached hydrogens (tertiary/aromatic N) is 3. The number of nitrogens with one attached hydrogen (secondary N) is 3. The molecule has 0 saturated heterocycles. The van der Waals surface area contributed by atoms with Gasteiger partial charge >= 0.3 is 6.36 Å². The monoisotopic (exact) mass is 546 g/mol. The number of aromatic nitrogens is 3. The Labute approximate surface area is 194 Å². The average molecular weight is 546 g/mol. The van der Waals surface area contributed by atoms with Crippen LogP contribution in [0.25, 0.3) is 11.4 Å².